The minimum Gasteiger partial charge on any atom is -0.375 e. The molecule has 0 atom stereocenters. The van der Waals surface area contributed by atoms with Crippen molar-refractivity contribution in [2.75, 3.05) is 0 Å². The van der Waals surface area contributed by atoms with Crippen molar-refractivity contribution in [2.24, 2.45) is 5.92 Å². The van der Waals surface area contributed by atoms with Crippen LogP contribution >= 0.6 is 0 Å². The molecule has 178 valence electrons. The molecule has 1 N–H and O–H groups in total. The molecular weight excluding hydrogens is 452 g/mol. The Morgan fingerprint density at radius 2 is 1.18 bits per heavy atom. The van der Waals surface area contributed by atoms with Crippen LogP contribution in [-0.2, 0) is 24.3 Å². The Hall–Kier alpha value is -3.22. The van der Waals surface area contributed by atoms with E-state index >= 15 is 0 Å². The molecule has 0 aliphatic heterocycles. The molecule has 0 spiro atoms. The van der Waals surface area contributed by atoms with E-state index in [4.69, 9.17) is 0 Å². The number of allylic oxidation sites excluding steroid dienone is 1. The summed E-state index contributed by atoms with van der Waals surface area (Å²) in [7, 11) is 0. The third-order valence-electron chi connectivity index (χ3n) is 6.12. The predicted molar refractivity (Wildman–Crippen MR) is 119 cm³/mol. The van der Waals surface area contributed by atoms with Gasteiger partial charge in [-0.15, -0.1) is 0 Å². The molecular formula is C27H23F6N. The Morgan fingerprint density at radius 1 is 0.706 bits per heavy atom. The number of halogens is 6. The fourth-order valence-corrected chi connectivity index (χ4v) is 4.19. The summed E-state index contributed by atoms with van der Waals surface area (Å²) in [6, 6.07) is 18.5. The van der Waals surface area contributed by atoms with E-state index in [0.717, 1.165) is 42.7 Å². The lowest BCUT2D eigenvalue weighted by molar-refractivity contribution is -0.138. The van der Waals surface area contributed by atoms with Crippen LogP contribution in [0.25, 0.3) is 0 Å². The van der Waals surface area contributed by atoms with Gasteiger partial charge in [-0.25, -0.2) is 0 Å². The van der Waals surface area contributed by atoms with E-state index in [2.05, 4.69) is 11.9 Å². The number of alkyl halides is 6. The number of hydrogen-bond acceptors (Lipinski definition) is 1. The number of hydrogen-bond donors (Lipinski definition) is 1. The SMILES string of the molecule is C=C(NC(Cc1ccccc1)(c1cccc(C(F)(F)F)c1)c1cccc(C(F)(F)F)c1)C1CC1. The second-order valence-corrected chi connectivity index (χ2v) is 8.65. The summed E-state index contributed by atoms with van der Waals surface area (Å²) in [5, 5.41) is 3.30. The fourth-order valence-electron chi connectivity index (χ4n) is 4.19. The van der Waals surface area contributed by atoms with Gasteiger partial charge < -0.3 is 5.32 Å². The average Bonchev–Trinajstić information content (AvgIpc) is 3.64. The van der Waals surface area contributed by atoms with E-state index in [1.54, 1.807) is 30.3 Å². The quantitative estimate of drug-likeness (QED) is 0.345. The van der Waals surface area contributed by atoms with Gasteiger partial charge >= 0.3 is 12.4 Å². The molecule has 0 saturated heterocycles. The van der Waals surface area contributed by atoms with Crippen molar-refractivity contribution in [3.63, 3.8) is 0 Å². The highest BCUT2D eigenvalue weighted by molar-refractivity contribution is 5.46. The van der Waals surface area contributed by atoms with Gasteiger partial charge in [0, 0.05) is 12.1 Å². The van der Waals surface area contributed by atoms with E-state index in [0.29, 0.717) is 5.70 Å². The van der Waals surface area contributed by atoms with Crippen molar-refractivity contribution >= 4 is 0 Å². The predicted octanol–water partition coefficient (Wildman–Crippen LogP) is 7.72. The Labute approximate surface area is 194 Å². The maximum atomic E-state index is 13.6. The molecule has 34 heavy (non-hydrogen) atoms. The molecule has 0 radical (unpaired) electrons. The topological polar surface area (TPSA) is 12.0 Å². The first-order valence-corrected chi connectivity index (χ1v) is 10.9. The lowest BCUT2D eigenvalue weighted by atomic mass is 9.76. The van der Waals surface area contributed by atoms with Crippen LogP contribution in [0.4, 0.5) is 26.3 Å². The highest BCUT2D eigenvalue weighted by atomic mass is 19.4. The van der Waals surface area contributed by atoms with E-state index in [-0.39, 0.29) is 23.5 Å². The summed E-state index contributed by atoms with van der Waals surface area (Å²) in [5.74, 6) is 0.131. The van der Waals surface area contributed by atoms with Crippen molar-refractivity contribution in [1.82, 2.24) is 5.32 Å². The third kappa shape index (κ3) is 5.13. The molecule has 3 aromatic carbocycles. The zero-order chi connectivity index (χ0) is 24.6. The average molecular weight is 475 g/mol. The van der Waals surface area contributed by atoms with Gasteiger partial charge in [0.25, 0.3) is 0 Å². The van der Waals surface area contributed by atoms with Gasteiger partial charge in [-0.1, -0.05) is 61.2 Å². The number of benzene rings is 3. The highest BCUT2D eigenvalue weighted by Gasteiger charge is 2.41. The van der Waals surface area contributed by atoms with Crippen LogP contribution in [0.3, 0.4) is 0 Å². The summed E-state index contributed by atoms with van der Waals surface area (Å²) in [4.78, 5) is 0. The fraction of sp³-hybridized carbons (Fsp3) is 0.259. The van der Waals surface area contributed by atoms with Gasteiger partial charge in [0.2, 0.25) is 0 Å². The minimum atomic E-state index is -4.60. The maximum absolute atomic E-state index is 13.6. The molecule has 4 rings (SSSR count). The molecule has 3 aromatic rings. The zero-order valence-corrected chi connectivity index (χ0v) is 18.2. The Morgan fingerprint density at radius 3 is 1.62 bits per heavy atom. The first-order valence-electron chi connectivity index (χ1n) is 10.9. The first-order chi connectivity index (χ1) is 16.0. The standard InChI is InChI=1S/C27H23F6N/c1-18(20-13-14-20)34-25(17-19-7-3-2-4-8-19,21-9-5-11-23(15-21)26(28,29)30)22-10-6-12-24(16-22)27(31,32)33/h2-12,15-16,20,34H,1,13-14,17H2. The molecule has 1 aliphatic carbocycles. The second kappa shape index (κ2) is 8.85. The van der Waals surface area contributed by atoms with Crippen LogP contribution in [0.1, 0.15) is 40.7 Å². The molecule has 0 unspecified atom stereocenters. The summed E-state index contributed by atoms with van der Waals surface area (Å²) < 4.78 is 81.7. The Bertz CT molecular complexity index is 1100. The normalized spacial score (nSPS) is 14.6. The van der Waals surface area contributed by atoms with E-state index in [1.807, 2.05) is 0 Å². The highest BCUT2D eigenvalue weighted by Crippen LogP contribution is 2.43. The number of nitrogens with one attached hydrogen (secondary N) is 1. The summed E-state index contributed by atoms with van der Waals surface area (Å²) in [5.41, 5.74) is -1.34. The van der Waals surface area contributed by atoms with Crippen LogP contribution in [0.15, 0.2) is 91.1 Å². The second-order valence-electron chi connectivity index (χ2n) is 8.65. The van der Waals surface area contributed by atoms with Crippen molar-refractivity contribution < 1.29 is 26.3 Å². The van der Waals surface area contributed by atoms with E-state index in [9.17, 15) is 26.3 Å². The van der Waals surface area contributed by atoms with Crippen LogP contribution in [-0.4, -0.2) is 0 Å². The molecule has 0 amide bonds. The van der Waals surface area contributed by atoms with Gasteiger partial charge in [0.15, 0.2) is 0 Å². The molecule has 1 fully saturated rings. The molecule has 7 heteroatoms. The molecule has 1 aliphatic rings. The van der Waals surface area contributed by atoms with Gasteiger partial charge in [-0.05, 0) is 59.7 Å². The maximum Gasteiger partial charge on any atom is 0.416 e. The van der Waals surface area contributed by atoms with Gasteiger partial charge in [-0.2, -0.15) is 26.3 Å². The van der Waals surface area contributed by atoms with Crippen LogP contribution in [0.5, 0.6) is 0 Å². The van der Waals surface area contributed by atoms with Crippen molar-refractivity contribution in [2.45, 2.75) is 37.2 Å². The van der Waals surface area contributed by atoms with Gasteiger partial charge in [-0.3, -0.25) is 0 Å². The third-order valence-corrected chi connectivity index (χ3v) is 6.12. The van der Waals surface area contributed by atoms with E-state index in [1.165, 1.54) is 24.3 Å². The first kappa shape index (κ1) is 23.9. The lowest BCUT2D eigenvalue weighted by Gasteiger charge is -2.39. The Balaban J connectivity index is 1.96. The summed E-state index contributed by atoms with van der Waals surface area (Å²) in [6.07, 6.45) is -7.33. The minimum absolute atomic E-state index is 0.127. The smallest absolute Gasteiger partial charge is 0.375 e. The molecule has 0 heterocycles. The van der Waals surface area contributed by atoms with Crippen molar-refractivity contribution in [3.05, 3.63) is 119 Å². The zero-order valence-electron chi connectivity index (χ0n) is 18.2. The van der Waals surface area contributed by atoms with E-state index < -0.39 is 29.0 Å². The van der Waals surface area contributed by atoms with Crippen molar-refractivity contribution in [3.8, 4) is 0 Å². The molecule has 1 saturated carbocycles. The lowest BCUT2D eigenvalue weighted by Crippen LogP contribution is -2.45. The molecule has 0 aromatic heterocycles. The van der Waals surface area contributed by atoms with Crippen LogP contribution in [0, 0.1) is 5.92 Å². The van der Waals surface area contributed by atoms with Crippen molar-refractivity contribution in [1.29, 1.82) is 0 Å². The van der Waals surface area contributed by atoms with Crippen LogP contribution in [0.2, 0.25) is 0 Å². The van der Waals surface area contributed by atoms with Gasteiger partial charge in [0.05, 0.1) is 16.7 Å². The largest absolute Gasteiger partial charge is 0.416 e. The van der Waals surface area contributed by atoms with Crippen LogP contribution < -0.4 is 5.32 Å². The summed E-state index contributed by atoms with van der Waals surface area (Å²) in [6.45, 7) is 4.08. The van der Waals surface area contributed by atoms with Gasteiger partial charge in [0.1, 0.15) is 0 Å². The molecule has 1 nitrogen and oxygen atoms in total. The number of rotatable bonds is 7. The molecule has 0 bridgehead atoms. The Kier molecular flexibility index (Phi) is 6.23. The summed E-state index contributed by atoms with van der Waals surface area (Å²) >= 11 is 0. The monoisotopic (exact) mass is 475 g/mol.